The van der Waals surface area contributed by atoms with E-state index in [9.17, 15) is 4.79 Å². The maximum absolute atomic E-state index is 12.3. The second kappa shape index (κ2) is 7.42. The van der Waals surface area contributed by atoms with Crippen LogP contribution in [-0.4, -0.2) is 36.4 Å². The number of benzene rings is 1. The van der Waals surface area contributed by atoms with E-state index in [2.05, 4.69) is 22.6 Å². The second-order valence-electron chi connectivity index (χ2n) is 5.82. The van der Waals surface area contributed by atoms with Crippen LogP contribution >= 0.6 is 22.6 Å². The van der Waals surface area contributed by atoms with Gasteiger partial charge in [-0.2, -0.15) is 0 Å². The maximum atomic E-state index is 12.3. The fourth-order valence-electron chi connectivity index (χ4n) is 2.10. The molecule has 118 valence electrons. The van der Waals surface area contributed by atoms with Gasteiger partial charge < -0.3 is 15.6 Å². The Morgan fingerprint density at radius 3 is 2.52 bits per heavy atom. The van der Waals surface area contributed by atoms with Gasteiger partial charge in [0.15, 0.2) is 0 Å². The van der Waals surface area contributed by atoms with Crippen molar-refractivity contribution < 1.29 is 14.3 Å². The summed E-state index contributed by atoms with van der Waals surface area (Å²) >= 11 is 2.27. The van der Waals surface area contributed by atoms with Gasteiger partial charge in [-0.3, -0.25) is 4.90 Å². The van der Waals surface area contributed by atoms with Gasteiger partial charge in [0.1, 0.15) is 5.60 Å². The molecule has 1 atom stereocenters. The van der Waals surface area contributed by atoms with Gasteiger partial charge in [0, 0.05) is 10.1 Å². The molecule has 5 nitrogen and oxygen atoms in total. The van der Waals surface area contributed by atoms with Gasteiger partial charge in [-0.25, -0.2) is 4.79 Å². The number of hydrogen-bond acceptors (Lipinski definition) is 4. The molecule has 0 aromatic heterocycles. The van der Waals surface area contributed by atoms with Crippen LogP contribution in [0.2, 0.25) is 0 Å². The van der Waals surface area contributed by atoms with Crippen molar-refractivity contribution in [2.45, 2.75) is 32.4 Å². The standard InChI is InChI=1S/C15H20INO3.H3N/c1-15(2,3)20-14(18)17-8-9-19-10-13(17)11-4-6-12(16)7-5-11;/h4-7,13H,8-10H2,1-3H3;1H3. The molecule has 1 unspecified atom stereocenters. The van der Waals surface area contributed by atoms with Crippen molar-refractivity contribution in [1.29, 1.82) is 0 Å². The maximum Gasteiger partial charge on any atom is 0.410 e. The van der Waals surface area contributed by atoms with Crippen molar-refractivity contribution in [2.24, 2.45) is 0 Å². The first-order valence-corrected chi connectivity index (χ1v) is 7.77. The summed E-state index contributed by atoms with van der Waals surface area (Å²) in [7, 11) is 0. The topological polar surface area (TPSA) is 73.8 Å². The van der Waals surface area contributed by atoms with Crippen molar-refractivity contribution in [2.75, 3.05) is 19.8 Å². The van der Waals surface area contributed by atoms with Crippen LogP contribution in [0.1, 0.15) is 32.4 Å². The summed E-state index contributed by atoms with van der Waals surface area (Å²) in [4.78, 5) is 14.1. The van der Waals surface area contributed by atoms with Gasteiger partial charge in [-0.1, -0.05) is 12.1 Å². The van der Waals surface area contributed by atoms with Gasteiger partial charge >= 0.3 is 6.09 Å². The zero-order valence-electron chi connectivity index (χ0n) is 12.8. The molecule has 1 aliphatic rings. The molecule has 1 aromatic carbocycles. The molecule has 3 N–H and O–H groups in total. The minimum absolute atomic E-state index is 0. The Morgan fingerprint density at radius 1 is 1.33 bits per heavy atom. The van der Waals surface area contributed by atoms with E-state index >= 15 is 0 Å². The Morgan fingerprint density at radius 2 is 1.95 bits per heavy atom. The number of halogens is 1. The lowest BCUT2D eigenvalue weighted by molar-refractivity contribution is -0.0331. The first-order chi connectivity index (χ1) is 9.37. The van der Waals surface area contributed by atoms with E-state index in [-0.39, 0.29) is 18.3 Å². The molecule has 0 aliphatic carbocycles. The molecule has 1 amide bonds. The van der Waals surface area contributed by atoms with Crippen LogP contribution in [-0.2, 0) is 9.47 Å². The highest BCUT2D eigenvalue weighted by Crippen LogP contribution is 2.26. The smallest absolute Gasteiger partial charge is 0.410 e. The van der Waals surface area contributed by atoms with Crippen LogP contribution in [0.5, 0.6) is 0 Å². The molecule has 2 rings (SSSR count). The summed E-state index contributed by atoms with van der Waals surface area (Å²) in [5.41, 5.74) is 0.599. The summed E-state index contributed by atoms with van der Waals surface area (Å²) in [5, 5.41) is 0. The Hall–Kier alpha value is -0.860. The lowest BCUT2D eigenvalue weighted by Crippen LogP contribution is -2.45. The van der Waals surface area contributed by atoms with Crippen LogP contribution < -0.4 is 6.15 Å². The molecule has 1 saturated heterocycles. The van der Waals surface area contributed by atoms with Crippen molar-refractivity contribution in [3.63, 3.8) is 0 Å². The molecular weight excluding hydrogens is 383 g/mol. The highest BCUT2D eigenvalue weighted by molar-refractivity contribution is 14.1. The van der Waals surface area contributed by atoms with E-state index in [1.807, 2.05) is 45.0 Å². The first-order valence-electron chi connectivity index (χ1n) is 6.70. The van der Waals surface area contributed by atoms with E-state index in [1.165, 1.54) is 3.57 Å². The van der Waals surface area contributed by atoms with Crippen LogP contribution in [0.3, 0.4) is 0 Å². The van der Waals surface area contributed by atoms with Crippen LogP contribution in [0, 0.1) is 3.57 Å². The van der Waals surface area contributed by atoms with Crippen LogP contribution in [0.25, 0.3) is 0 Å². The van der Waals surface area contributed by atoms with Crippen molar-refractivity contribution >= 4 is 28.7 Å². The number of ether oxygens (including phenoxy) is 2. The summed E-state index contributed by atoms with van der Waals surface area (Å²) in [6, 6.07) is 8.09. The van der Waals surface area contributed by atoms with E-state index in [0.29, 0.717) is 19.8 Å². The zero-order valence-corrected chi connectivity index (χ0v) is 14.9. The van der Waals surface area contributed by atoms with Gasteiger partial charge in [0.2, 0.25) is 0 Å². The number of carbonyl (C=O) groups excluding carboxylic acids is 1. The van der Waals surface area contributed by atoms with Crippen molar-refractivity contribution in [3.8, 4) is 0 Å². The van der Waals surface area contributed by atoms with Gasteiger partial charge in [-0.15, -0.1) is 0 Å². The van der Waals surface area contributed by atoms with Gasteiger partial charge in [0.25, 0.3) is 0 Å². The monoisotopic (exact) mass is 406 g/mol. The number of amides is 1. The number of carbonyl (C=O) groups is 1. The molecular formula is C15H23IN2O3. The number of nitrogens with zero attached hydrogens (tertiary/aromatic N) is 1. The lowest BCUT2D eigenvalue weighted by atomic mass is 10.1. The van der Waals surface area contributed by atoms with E-state index in [4.69, 9.17) is 9.47 Å². The molecule has 1 aromatic rings. The number of rotatable bonds is 1. The molecule has 0 spiro atoms. The summed E-state index contributed by atoms with van der Waals surface area (Å²) in [5.74, 6) is 0. The fourth-order valence-corrected chi connectivity index (χ4v) is 2.46. The Bertz CT molecular complexity index is 471. The predicted octanol–water partition coefficient (Wildman–Crippen LogP) is 3.76. The fraction of sp³-hybridized carbons (Fsp3) is 0.533. The summed E-state index contributed by atoms with van der Waals surface area (Å²) < 4.78 is 12.2. The molecule has 0 bridgehead atoms. The largest absolute Gasteiger partial charge is 0.444 e. The number of hydrogen-bond donors (Lipinski definition) is 1. The van der Waals surface area contributed by atoms with Crippen molar-refractivity contribution in [1.82, 2.24) is 11.1 Å². The van der Waals surface area contributed by atoms with Crippen LogP contribution in [0.4, 0.5) is 4.79 Å². The molecule has 21 heavy (non-hydrogen) atoms. The average molecular weight is 406 g/mol. The molecule has 1 heterocycles. The third-order valence-electron chi connectivity index (χ3n) is 3.01. The highest BCUT2D eigenvalue weighted by Gasteiger charge is 2.31. The van der Waals surface area contributed by atoms with E-state index < -0.39 is 5.60 Å². The predicted molar refractivity (Wildman–Crippen MR) is 90.7 cm³/mol. The van der Waals surface area contributed by atoms with Crippen molar-refractivity contribution in [3.05, 3.63) is 33.4 Å². The molecule has 6 heteroatoms. The second-order valence-corrected chi connectivity index (χ2v) is 7.06. The Balaban J connectivity index is 0.00000220. The average Bonchev–Trinajstić information content (AvgIpc) is 2.38. The SMILES string of the molecule is CC(C)(C)OC(=O)N1CCOCC1c1ccc(I)cc1.N. The molecule has 1 aliphatic heterocycles. The van der Waals surface area contributed by atoms with E-state index in [0.717, 1.165) is 5.56 Å². The minimum atomic E-state index is -0.480. The lowest BCUT2D eigenvalue weighted by Gasteiger charge is -2.36. The normalized spacial score (nSPS) is 18.9. The number of morpholine rings is 1. The van der Waals surface area contributed by atoms with Gasteiger partial charge in [-0.05, 0) is 61.1 Å². The molecule has 0 saturated carbocycles. The highest BCUT2D eigenvalue weighted by atomic mass is 127. The third-order valence-corrected chi connectivity index (χ3v) is 3.73. The summed E-state index contributed by atoms with van der Waals surface area (Å²) in [6.45, 7) is 7.27. The van der Waals surface area contributed by atoms with E-state index in [1.54, 1.807) is 4.90 Å². The third kappa shape index (κ3) is 5.12. The Labute approximate surface area is 139 Å². The molecule has 0 radical (unpaired) electrons. The van der Waals surface area contributed by atoms with Crippen LogP contribution in [0.15, 0.2) is 24.3 Å². The summed E-state index contributed by atoms with van der Waals surface area (Å²) in [6.07, 6.45) is -0.274. The Kier molecular flexibility index (Phi) is 6.42. The first kappa shape index (κ1) is 18.2. The quantitative estimate of drug-likeness (QED) is 0.721. The molecule has 1 fully saturated rings. The zero-order chi connectivity index (χ0) is 14.8. The minimum Gasteiger partial charge on any atom is -0.444 e. The van der Waals surface area contributed by atoms with Gasteiger partial charge in [0.05, 0.1) is 19.3 Å².